The average molecular weight is 478 g/mol. The largest absolute Gasteiger partial charge is 0.493 e. The fourth-order valence-electron chi connectivity index (χ4n) is 3.03. The molecule has 0 atom stereocenters. The lowest BCUT2D eigenvalue weighted by Gasteiger charge is -2.18. The Bertz CT molecular complexity index is 1300. The smallest absolute Gasteiger partial charge is 0.247 e. The van der Waals surface area contributed by atoms with Crippen LogP contribution in [0.2, 0.25) is 0 Å². The van der Waals surface area contributed by atoms with E-state index in [-0.39, 0.29) is 4.90 Å². The van der Waals surface area contributed by atoms with Gasteiger partial charge < -0.3 is 19.5 Å². The molecule has 0 aliphatic heterocycles. The highest BCUT2D eigenvalue weighted by molar-refractivity contribution is 7.89. The minimum absolute atomic E-state index is 0.157. The van der Waals surface area contributed by atoms with Crippen LogP contribution in [-0.2, 0) is 14.8 Å². The van der Waals surface area contributed by atoms with Crippen LogP contribution in [0.25, 0.3) is 20.8 Å². The number of ether oxygens (including phenoxy) is 3. The van der Waals surface area contributed by atoms with Crippen molar-refractivity contribution >= 4 is 43.2 Å². The number of nitrogens with zero attached hydrogens (tertiary/aromatic N) is 2. The molecule has 0 spiro atoms. The van der Waals surface area contributed by atoms with Crippen LogP contribution in [-0.4, -0.2) is 59.0 Å². The molecule has 32 heavy (non-hydrogen) atoms. The van der Waals surface area contributed by atoms with E-state index in [0.29, 0.717) is 43.7 Å². The predicted octanol–water partition coefficient (Wildman–Crippen LogP) is 3.36. The number of benzene rings is 2. The lowest BCUT2D eigenvalue weighted by Crippen LogP contribution is -2.22. The monoisotopic (exact) mass is 477 g/mol. The van der Waals surface area contributed by atoms with Crippen LogP contribution in [0.3, 0.4) is 0 Å². The first-order valence-electron chi connectivity index (χ1n) is 9.27. The summed E-state index contributed by atoms with van der Waals surface area (Å²) in [4.78, 5) is 16.9. The molecule has 1 heterocycles. The predicted molar refractivity (Wildman–Crippen MR) is 124 cm³/mol. The first-order valence-corrected chi connectivity index (χ1v) is 11.5. The number of amides is 1. The van der Waals surface area contributed by atoms with E-state index in [1.165, 1.54) is 52.8 Å². The minimum atomic E-state index is -3.60. The summed E-state index contributed by atoms with van der Waals surface area (Å²) in [6.07, 6.45) is 1.14. The van der Waals surface area contributed by atoms with Crippen molar-refractivity contribution in [1.82, 2.24) is 9.29 Å². The Morgan fingerprint density at radius 3 is 2.38 bits per heavy atom. The van der Waals surface area contributed by atoms with E-state index in [9.17, 15) is 13.2 Å². The van der Waals surface area contributed by atoms with E-state index in [0.717, 1.165) is 10.4 Å². The number of aromatic nitrogens is 1. The Balaban J connectivity index is 2.29. The van der Waals surface area contributed by atoms with E-state index in [2.05, 4.69) is 16.9 Å². The molecule has 170 valence electrons. The minimum Gasteiger partial charge on any atom is -0.493 e. The summed E-state index contributed by atoms with van der Waals surface area (Å²) < 4.78 is 43.3. The van der Waals surface area contributed by atoms with Crippen LogP contribution < -0.4 is 19.5 Å². The van der Waals surface area contributed by atoms with E-state index >= 15 is 0 Å². The first-order chi connectivity index (χ1) is 15.2. The van der Waals surface area contributed by atoms with Gasteiger partial charge in [0.2, 0.25) is 21.7 Å². The highest BCUT2D eigenvalue weighted by atomic mass is 32.2. The van der Waals surface area contributed by atoms with Crippen molar-refractivity contribution in [2.24, 2.45) is 0 Å². The lowest BCUT2D eigenvalue weighted by molar-refractivity contribution is -0.111. The van der Waals surface area contributed by atoms with Gasteiger partial charge in [-0.2, -0.15) is 0 Å². The average Bonchev–Trinajstić information content (AvgIpc) is 3.20. The Morgan fingerprint density at radius 1 is 1.12 bits per heavy atom. The van der Waals surface area contributed by atoms with Gasteiger partial charge in [-0.05, 0) is 24.3 Å². The summed E-state index contributed by atoms with van der Waals surface area (Å²) >= 11 is 1.26. The zero-order valence-electron chi connectivity index (χ0n) is 18.3. The van der Waals surface area contributed by atoms with Gasteiger partial charge in [0.15, 0.2) is 11.5 Å². The number of carbonyl (C=O) groups is 1. The Kier molecular flexibility index (Phi) is 6.72. The number of anilines is 1. The van der Waals surface area contributed by atoms with Gasteiger partial charge in [-0.1, -0.05) is 6.58 Å². The molecular formula is C21H23N3O6S2. The van der Waals surface area contributed by atoms with E-state index < -0.39 is 15.9 Å². The van der Waals surface area contributed by atoms with Crippen molar-refractivity contribution in [3.63, 3.8) is 0 Å². The van der Waals surface area contributed by atoms with Crippen molar-refractivity contribution in [2.75, 3.05) is 40.7 Å². The Morgan fingerprint density at radius 2 is 1.81 bits per heavy atom. The molecule has 3 aromatic rings. The SMILES string of the molecule is C=CC(=O)Nc1cc(OC)c(OC)c(OC)c1-c1nc2ccc(S(=O)(=O)N(C)C)cc2s1. The van der Waals surface area contributed by atoms with Crippen molar-refractivity contribution in [3.8, 4) is 27.8 Å². The van der Waals surface area contributed by atoms with E-state index in [1.54, 1.807) is 18.2 Å². The summed E-state index contributed by atoms with van der Waals surface area (Å²) in [5.74, 6) is 0.567. The van der Waals surface area contributed by atoms with Crippen molar-refractivity contribution < 1.29 is 27.4 Å². The van der Waals surface area contributed by atoms with Gasteiger partial charge in [0.25, 0.3) is 0 Å². The van der Waals surface area contributed by atoms with Crippen molar-refractivity contribution in [1.29, 1.82) is 0 Å². The van der Waals surface area contributed by atoms with Crippen LogP contribution in [0, 0.1) is 0 Å². The summed E-state index contributed by atoms with van der Waals surface area (Å²) in [6, 6.07) is 6.32. The van der Waals surface area contributed by atoms with Gasteiger partial charge in [-0.3, -0.25) is 4.79 Å². The molecule has 0 saturated heterocycles. The zero-order valence-corrected chi connectivity index (χ0v) is 19.9. The fourth-order valence-corrected chi connectivity index (χ4v) is 5.10. The molecule has 0 radical (unpaired) electrons. The van der Waals surface area contributed by atoms with Gasteiger partial charge in [-0.15, -0.1) is 11.3 Å². The molecule has 0 saturated carbocycles. The molecule has 0 aliphatic carbocycles. The first kappa shape index (κ1) is 23.5. The molecule has 1 amide bonds. The molecule has 9 nitrogen and oxygen atoms in total. The van der Waals surface area contributed by atoms with Gasteiger partial charge in [0.1, 0.15) is 5.01 Å². The van der Waals surface area contributed by atoms with Gasteiger partial charge >= 0.3 is 0 Å². The summed E-state index contributed by atoms with van der Waals surface area (Å²) in [7, 11) is 3.76. The number of carbonyl (C=O) groups excluding carboxylic acids is 1. The fraction of sp³-hybridized carbons (Fsp3) is 0.238. The molecule has 11 heteroatoms. The van der Waals surface area contributed by atoms with Gasteiger partial charge in [0.05, 0.1) is 47.7 Å². The van der Waals surface area contributed by atoms with Gasteiger partial charge in [-0.25, -0.2) is 17.7 Å². The topological polar surface area (TPSA) is 107 Å². The molecule has 1 aromatic heterocycles. The third kappa shape index (κ3) is 4.14. The van der Waals surface area contributed by atoms with E-state index in [1.807, 2.05) is 0 Å². The number of nitrogens with one attached hydrogen (secondary N) is 1. The Hall–Kier alpha value is -3.15. The highest BCUT2D eigenvalue weighted by Crippen LogP contribution is 2.50. The molecule has 2 aromatic carbocycles. The standard InChI is InChI=1S/C21H23N3O6S2/c1-7-17(25)22-14-11-15(28-4)19(29-5)20(30-6)18(14)21-23-13-9-8-12(10-16(13)31-21)32(26,27)24(2)3/h7-11H,1H2,2-6H3,(H,22,25). The summed E-state index contributed by atoms with van der Waals surface area (Å²) in [5, 5.41) is 3.24. The molecular weight excluding hydrogens is 454 g/mol. The second-order valence-electron chi connectivity index (χ2n) is 6.70. The molecule has 0 bridgehead atoms. The van der Waals surface area contributed by atoms with Crippen molar-refractivity contribution in [2.45, 2.75) is 4.90 Å². The Labute approximate surface area is 190 Å². The third-order valence-corrected chi connectivity index (χ3v) is 7.47. The van der Waals surface area contributed by atoms with Crippen LogP contribution in [0.4, 0.5) is 5.69 Å². The van der Waals surface area contributed by atoms with Crippen molar-refractivity contribution in [3.05, 3.63) is 36.9 Å². The maximum absolute atomic E-state index is 12.5. The second kappa shape index (κ2) is 9.15. The number of hydrogen-bond acceptors (Lipinski definition) is 8. The molecule has 0 unspecified atom stereocenters. The molecule has 0 aliphatic rings. The third-order valence-electron chi connectivity index (χ3n) is 4.63. The van der Waals surface area contributed by atoms with Crippen LogP contribution >= 0.6 is 11.3 Å². The van der Waals surface area contributed by atoms with Crippen LogP contribution in [0.1, 0.15) is 0 Å². The quantitative estimate of drug-likeness (QED) is 0.496. The zero-order chi connectivity index (χ0) is 23.6. The number of hydrogen-bond donors (Lipinski definition) is 1. The number of rotatable bonds is 8. The molecule has 3 rings (SSSR count). The van der Waals surface area contributed by atoms with Crippen LogP contribution in [0.5, 0.6) is 17.2 Å². The summed E-state index contributed by atoms with van der Waals surface area (Å²) in [5.41, 5.74) is 1.45. The second-order valence-corrected chi connectivity index (χ2v) is 9.88. The van der Waals surface area contributed by atoms with E-state index in [4.69, 9.17) is 14.2 Å². The normalized spacial score (nSPS) is 11.4. The highest BCUT2D eigenvalue weighted by Gasteiger charge is 2.26. The van der Waals surface area contributed by atoms with Gasteiger partial charge in [0, 0.05) is 20.2 Å². The number of fused-ring (bicyclic) bond motifs is 1. The maximum Gasteiger partial charge on any atom is 0.247 e. The summed E-state index contributed by atoms with van der Waals surface area (Å²) in [6.45, 7) is 3.49. The molecule has 1 N–H and O–H groups in total. The number of sulfonamides is 1. The lowest BCUT2D eigenvalue weighted by atomic mass is 10.1. The molecule has 0 fully saturated rings. The maximum atomic E-state index is 12.5. The number of thiazole rings is 1. The van der Waals surface area contributed by atoms with Crippen LogP contribution in [0.15, 0.2) is 41.8 Å². The number of methoxy groups -OCH3 is 3.